The van der Waals surface area contributed by atoms with Gasteiger partial charge < -0.3 is 18.6 Å². The normalized spacial score (nSPS) is 12.3. The lowest BCUT2D eigenvalue weighted by atomic mass is 10.3. The molecule has 0 unspecified atom stereocenters. The van der Waals surface area contributed by atoms with E-state index in [1.165, 1.54) is 12.8 Å². The quantitative estimate of drug-likeness (QED) is 0.418. The van der Waals surface area contributed by atoms with Crippen LogP contribution >= 0.6 is 0 Å². The van der Waals surface area contributed by atoms with E-state index in [1.807, 2.05) is 27.7 Å². The van der Waals surface area contributed by atoms with Crippen molar-refractivity contribution in [3.05, 3.63) is 0 Å². The Balaban J connectivity index is 4.15. The van der Waals surface area contributed by atoms with Gasteiger partial charge in [-0.2, -0.15) is 0 Å². The van der Waals surface area contributed by atoms with Gasteiger partial charge in [0, 0.05) is 25.4 Å². The van der Waals surface area contributed by atoms with Crippen LogP contribution in [0.1, 0.15) is 53.9 Å². The molecule has 0 aliphatic carbocycles. The first-order valence-corrected chi connectivity index (χ1v) is 9.69. The van der Waals surface area contributed by atoms with Crippen LogP contribution < -0.4 is 5.32 Å². The van der Waals surface area contributed by atoms with Crippen LogP contribution in [-0.2, 0) is 13.3 Å². The van der Waals surface area contributed by atoms with Crippen LogP contribution in [-0.4, -0.2) is 41.2 Å². The van der Waals surface area contributed by atoms with Crippen molar-refractivity contribution in [3.63, 3.8) is 0 Å². The summed E-state index contributed by atoms with van der Waals surface area (Å²) in [6.07, 6.45) is 3.67. The molecule has 19 heavy (non-hydrogen) atoms. The Hall–Kier alpha value is 0.0569. The number of rotatable bonds is 13. The van der Waals surface area contributed by atoms with Crippen molar-refractivity contribution in [3.8, 4) is 0 Å². The van der Waals surface area contributed by atoms with Gasteiger partial charge in [0.25, 0.3) is 0 Å². The van der Waals surface area contributed by atoms with Crippen molar-refractivity contribution < 1.29 is 13.3 Å². The average Bonchev–Trinajstić information content (AvgIpc) is 2.33. The highest BCUT2D eigenvalue weighted by Crippen LogP contribution is 2.19. The van der Waals surface area contributed by atoms with Crippen LogP contribution in [0.15, 0.2) is 0 Å². The molecule has 0 aromatic rings. The van der Waals surface area contributed by atoms with Gasteiger partial charge >= 0.3 is 8.80 Å². The molecule has 1 N–H and O–H groups in total. The third-order valence-corrected chi connectivity index (χ3v) is 5.94. The lowest BCUT2D eigenvalue weighted by Crippen LogP contribution is -2.48. The van der Waals surface area contributed by atoms with Crippen LogP contribution in [0, 0.1) is 0 Å². The highest BCUT2D eigenvalue weighted by Gasteiger charge is 2.40. The molecule has 0 atom stereocenters. The number of hydrogen-bond donors (Lipinski definition) is 1. The Kier molecular flexibility index (Phi) is 11.9. The molecule has 0 aliphatic heterocycles. The van der Waals surface area contributed by atoms with Gasteiger partial charge in [-0.1, -0.05) is 13.3 Å². The minimum Gasteiger partial charge on any atom is -0.374 e. The molecule has 0 rings (SSSR count). The maximum absolute atomic E-state index is 6.01. The van der Waals surface area contributed by atoms with Crippen molar-refractivity contribution in [1.82, 2.24) is 5.32 Å². The Morgan fingerprint density at radius 1 is 0.947 bits per heavy atom. The zero-order valence-electron chi connectivity index (χ0n) is 13.5. The summed E-state index contributed by atoms with van der Waals surface area (Å²) in [7, 11) is -2.47. The van der Waals surface area contributed by atoms with Gasteiger partial charge in [-0.15, -0.1) is 0 Å². The van der Waals surface area contributed by atoms with Crippen LogP contribution in [0.2, 0.25) is 6.04 Å². The minimum absolute atomic E-state index is 0.151. The van der Waals surface area contributed by atoms with Gasteiger partial charge in [0.15, 0.2) is 0 Å². The highest BCUT2D eigenvalue weighted by atomic mass is 28.4. The van der Waals surface area contributed by atoms with Crippen molar-refractivity contribution in [2.24, 2.45) is 0 Å². The van der Waals surface area contributed by atoms with E-state index in [-0.39, 0.29) is 6.10 Å². The zero-order chi connectivity index (χ0) is 14.6. The topological polar surface area (TPSA) is 39.7 Å². The average molecular weight is 292 g/mol. The zero-order valence-corrected chi connectivity index (χ0v) is 14.5. The van der Waals surface area contributed by atoms with E-state index in [4.69, 9.17) is 13.3 Å². The molecule has 4 nitrogen and oxygen atoms in total. The van der Waals surface area contributed by atoms with Crippen LogP contribution in [0.25, 0.3) is 0 Å². The predicted octanol–water partition coefficient (Wildman–Crippen LogP) is 3.20. The van der Waals surface area contributed by atoms with Crippen molar-refractivity contribution in [1.29, 1.82) is 0 Å². The summed E-state index contributed by atoms with van der Waals surface area (Å²) in [5.74, 6) is 0. The van der Waals surface area contributed by atoms with Gasteiger partial charge in [-0.05, 0) is 53.6 Å². The summed E-state index contributed by atoms with van der Waals surface area (Å²) in [5, 5.41) is 3.45. The molecule has 0 bridgehead atoms. The largest absolute Gasteiger partial charge is 0.501 e. The molecular formula is C14H33NO3Si. The van der Waals surface area contributed by atoms with E-state index >= 15 is 0 Å². The highest BCUT2D eigenvalue weighted by molar-refractivity contribution is 6.60. The summed E-state index contributed by atoms with van der Waals surface area (Å²) in [4.78, 5) is 0. The van der Waals surface area contributed by atoms with Crippen LogP contribution in [0.4, 0.5) is 0 Å². The van der Waals surface area contributed by atoms with Crippen molar-refractivity contribution in [2.75, 3.05) is 26.3 Å². The Morgan fingerprint density at radius 2 is 1.53 bits per heavy atom. The molecule has 0 amide bonds. The van der Waals surface area contributed by atoms with Gasteiger partial charge in [0.1, 0.15) is 0 Å². The van der Waals surface area contributed by atoms with Gasteiger partial charge in [-0.25, -0.2) is 0 Å². The minimum atomic E-state index is -2.47. The first kappa shape index (κ1) is 19.1. The predicted molar refractivity (Wildman–Crippen MR) is 82.4 cm³/mol. The standard InChI is InChI=1S/C14H33NO3Si/c1-6-9-11-15-12-10-13-19(16-7-2,17-8-3)18-14(4)5/h14-15H,6-13H2,1-5H3. The fourth-order valence-electron chi connectivity index (χ4n) is 1.97. The molecule has 0 aromatic carbocycles. The molecule has 0 saturated carbocycles. The fraction of sp³-hybridized carbons (Fsp3) is 1.00. The molecular weight excluding hydrogens is 258 g/mol. The van der Waals surface area contributed by atoms with E-state index in [0.717, 1.165) is 25.6 Å². The summed E-state index contributed by atoms with van der Waals surface area (Å²) < 4.78 is 17.8. The number of hydrogen-bond acceptors (Lipinski definition) is 4. The van der Waals surface area contributed by atoms with Crippen LogP contribution in [0.3, 0.4) is 0 Å². The van der Waals surface area contributed by atoms with Gasteiger partial charge in [0.2, 0.25) is 0 Å². The second-order valence-electron chi connectivity index (χ2n) is 4.92. The Bertz CT molecular complexity index is 197. The van der Waals surface area contributed by atoms with Crippen molar-refractivity contribution in [2.45, 2.75) is 66.0 Å². The number of nitrogens with one attached hydrogen (secondary N) is 1. The SMILES string of the molecule is CCCCNCCC[Si](OCC)(OCC)OC(C)C. The van der Waals surface area contributed by atoms with Crippen molar-refractivity contribution >= 4 is 8.80 Å². The molecule has 5 heteroatoms. The summed E-state index contributed by atoms with van der Waals surface area (Å²) in [5.41, 5.74) is 0. The fourth-order valence-corrected chi connectivity index (χ4v) is 4.80. The van der Waals surface area contributed by atoms with E-state index in [0.29, 0.717) is 13.2 Å². The molecule has 0 spiro atoms. The maximum atomic E-state index is 6.01. The molecule has 116 valence electrons. The van der Waals surface area contributed by atoms with Gasteiger partial charge in [-0.3, -0.25) is 0 Å². The third-order valence-electron chi connectivity index (χ3n) is 2.69. The molecule has 0 radical (unpaired) electrons. The summed E-state index contributed by atoms with van der Waals surface area (Å²) >= 11 is 0. The lowest BCUT2D eigenvalue weighted by molar-refractivity contribution is 0.0439. The van der Waals surface area contributed by atoms with E-state index in [9.17, 15) is 0 Å². The molecule has 0 aromatic heterocycles. The van der Waals surface area contributed by atoms with E-state index < -0.39 is 8.80 Å². The first-order valence-electron chi connectivity index (χ1n) is 7.76. The monoisotopic (exact) mass is 291 g/mol. The smallest absolute Gasteiger partial charge is 0.374 e. The number of unbranched alkanes of at least 4 members (excludes halogenated alkanes) is 1. The van der Waals surface area contributed by atoms with Gasteiger partial charge in [0.05, 0.1) is 0 Å². The second kappa shape index (κ2) is 11.8. The van der Waals surface area contributed by atoms with E-state index in [1.54, 1.807) is 0 Å². The summed E-state index contributed by atoms with van der Waals surface area (Å²) in [6.45, 7) is 13.7. The maximum Gasteiger partial charge on any atom is 0.501 e. The lowest BCUT2D eigenvalue weighted by Gasteiger charge is -2.30. The Labute approximate surface area is 120 Å². The first-order chi connectivity index (χ1) is 9.10. The third kappa shape index (κ3) is 9.57. The molecule has 0 saturated heterocycles. The Morgan fingerprint density at radius 3 is 2.00 bits per heavy atom. The van der Waals surface area contributed by atoms with Crippen LogP contribution in [0.5, 0.6) is 0 Å². The molecule has 0 fully saturated rings. The second-order valence-corrected chi connectivity index (χ2v) is 7.60. The molecule has 0 heterocycles. The van der Waals surface area contributed by atoms with E-state index in [2.05, 4.69) is 12.2 Å². The molecule has 0 aliphatic rings. The summed E-state index contributed by atoms with van der Waals surface area (Å²) in [6, 6.07) is 0.895.